The van der Waals surface area contributed by atoms with E-state index in [4.69, 9.17) is 0 Å². The quantitative estimate of drug-likeness (QED) is 0.351. The van der Waals surface area contributed by atoms with E-state index in [0.717, 1.165) is 28.0 Å². The fraction of sp³-hybridized carbons (Fsp3) is 0.227. The Bertz CT molecular complexity index is 629. The van der Waals surface area contributed by atoms with Crippen molar-refractivity contribution in [3.05, 3.63) is 97.3 Å². The Hall–Kier alpha value is -2.41. The third-order valence-corrected chi connectivity index (χ3v) is 3.45. The maximum atomic E-state index is 4.47. The van der Waals surface area contributed by atoms with Gasteiger partial charge in [-0.25, -0.2) is 0 Å². The van der Waals surface area contributed by atoms with Crippen LogP contribution in [0.4, 0.5) is 0 Å². The molecule has 1 nitrogen and oxygen atoms in total. The number of allylic oxidation sites excluding steroid dienone is 11. The summed E-state index contributed by atoms with van der Waals surface area (Å²) in [4.78, 5) is 4.47. The van der Waals surface area contributed by atoms with Crippen LogP contribution in [0, 0.1) is 5.92 Å². The van der Waals surface area contributed by atoms with Crippen LogP contribution >= 0.6 is 0 Å². The minimum absolute atomic E-state index is 0.541. The van der Waals surface area contributed by atoms with E-state index >= 15 is 0 Å². The Morgan fingerprint density at radius 2 is 1.52 bits per heavy atom. The van der Waals surface area contributed by atoms with Gasteiger partial charge in [-0.3, -0.25) is 4.99 Å². The van der Waals surface area contributed by atoms with Crippen molar-refractivity contribution in [2.45, 2.75) is 26.7 Å². The lowest BCUT2D eigenvalue weighted by Crippen LogP contribution is -2.06. The van der Waals surface area contributed by atoms with E-state index in [9.17, 15) is 0 Å². The summed E-state index contributed by atoms with van der Waals surface area (Å²) in [6, 6.07) is 0. The van der Waals surface area contributed by atoms with E-state index in [-0.39, 0.29) is 0 Å². The summed E-state index contributed by atoms with van der Waals surface area (Å²) in [5.41, 5.74) is 4.80. The van der Waals surface area contributed by atoms with Gasteiger partial charge < -0.3 is 0 Å². The molecule has 0 unspecified atom stereocenters. The van der Waals surface area contributed by atoms with Crippen molar-refractivity contribution < 1.29 is 0 Å². The SMILES string of the molecule is C=CN=C(C(=C)C1CC1)C(/C=C\C(=C)/C=C\C)=C/C(=C)/C=C\C. The van der Waals surface area contributed by atoms with Crippen LogP contribution in [0.1, 0.15) is 26.7 Å². The smallest absolute Gasteiger partial charge is 0.0730 e. The molecule has 1 rings (SSSR count). The highest BCUT2D eigenvalue weighted by molar-refractivity contribution is 6.14. The highest BCUT2D eigenvalue weighted by Crippen LogP contribution is 2.37. The van der Waals surface area contributed by atoms with Crippen LogP contribution in [-0.4, -0.2) is 5.71 Å². The lowest BCUT2D eigenvalue weighted by atomic mass is 9.97. The van der Waals surface area contributed by atoms with E-state index < -0.39 is 0 Å². The second-order valence-electron chi connectivity index (χ2n) is 5.54. The molecule has 1 fully saturated rings. The molecular formula is C22H27N. The number of aliphatic imine (C=N–C) groups is 1. The molecule has 0 saturated heterocycles. The zero-order valence-corrected chi connectivity index (χ0v) is 14.4. The first-order chi connectivity index (χ1) is 11.0. The van der Waals surface area contributed by atoms with Crippen molar-refractivity contribution in [2.75, 3.05) is 0 Å². The molecule has 0 bridgehead atoms. The maximum absolute atomic E-state index is 4.47. The minimum atomic E-state index is 0.541. The van der Waals surface area contributed by atoms with Crippen LogP contribution < -0.4 is 0 Å². The average Bonchev–Trinajstić information content (AvgIpc) is 3.34. The average molecular weight is 305 g/mol. The monoisotopic (exact) mass is 305 g/mol. The van der Waals surface area contributed by atoms with E-state index in [2.05, 4.69) is 31.3 Å². The summed E-state index contributed by atoms with van der Waals surface area (Å²) >= 11 is 0. The Kier molecular flexibility index (Phi) is 7.76. The molecule has 1 heteroatoms. The molecule has 0 aromatic rings. The van der Waals surface area contributed by atoms with Gasteiger partial charge in [-0.1, -0.05) is 62.8 Å². The molecule has 0 aromatic carbocycles. The van der Waals surface area contributed by atoms with Crippen LogP contribution in [-0.2, 0) is 0 Å². The number of rotatable bonds is 9. The van der Waals surface area contributed by atoms with Gasteiger partial charge >= 0.3 is 0 Å². The molecule has 1 aliphatic rings. The van der Waals surface area contributed by atoms with E-state index in [1.54, 1.807) is 6.20 Å². The molecule has 0 aromatic heterocycles. The normalized spacial score (nSPS) is 16.4. The lowest BCUT2D eigenvalue weighted by molar-refractivity contribution is 1.08. The van der Waals surface area contributed by atoms with Gasteiger partial charge in [-0.05, 0) is 55.4 Å². The molecule has 23 heavy (non-hydrogen) atoms. The second-order valence-corrected chi connectivity index (χ2v) is 5.54. The molecule has 0 atom stereocenters. The summed E-state index contributed by atoms with van der Waals surface area (Å²) in [6.45, 7) is 20.0. The number of hydrogen-bond acceptors (Lipinski definition) is 1. The van der Waals surface area contributed by atoms with Crippen molar-refractivity contribution >= 4 is 5.71 Å². The van der Waals surface area contributed by atoms with Crippen molar-refractivity contribution in [1.29, 1.82) is 0 Å². The predicted molar refractivity (Wildman–Crippen MR) is 105 cm³/mol. The van der Waals surface area contributed by atoms with E-state index in [1.165, 1.54) is 12.8 Å². The molecule has 1 aliphatic carbocycles. The minimum Gasteiger partial charge on any atom is -0.257 e. The first-order valence-corrected chi connectivity index (χ1v) is 7.94. The van der Waals surface area contributed by atoms with Crippen LogP contribution in [0.2, 0.25) is 0 Å². The first-order valence-electron chi connectivity index (χ1n) is 7.94. The van der Waals surface area contributed by atoms with Gasteiger partial charge in [0.2, 0.25) is 0 Å². The Labute approximate surface area is 141 Å². The third kappa shape index (κ3) is 6.48. The molecule has 0 aliphatic heterocycles. The highest BCUT2D eigenvalue weighted by atomic mass is 14.7. The second kappa shape index (κ2) is 9.58. The van der Waals surface area contributed by atoms with Crippen molar-refractivity contribution in [3.63, 3.8) is 0 Å². The summed E-state index contributed by atoms with van der Waals surface area (Å²) in [5, 5.41) is 0. The molecule has 0 N–H and O–H groups in total. The Balaban J connectivity index is 3.21. The van der Waals surface area contributed by atoms with Gasteiger partial charge in [0.25, 0.3) is 0 Å². The maximum Gasteiger partial charge on any atom is 0.0730 e. The Morgan fingerprint density at radius 3 is 2.04 bits per heavy atom. The van der Waals surface area contributed by atoms with Gasteiger partial charge in [0.15, 0.2) is 0 Å². The topological polar surface area (TPSA) is 12.4 Å². The molecule has 0 heterocycles. The molecular weight excluding hydrogens is 278 g/mol. The third-order valence-electron chi connectivity index (χ3n) is 3.45. The van der Waals surface area contributed by atoms with Gasteiger partial charge in [-0.15, -0.1) is 0 Å². The van der Waals surface area contributed by atoms with Gasteiger partial charge in [0.1, 0.15) is 0 Å². The lowest BCUT2D eigenvalue weighted by Gasteiger charge is -2.10. The molecule has 0 amide bonds. The van der Waals surface area contributed by atoms with E-state index in [0.29, 0.717) is 5.92 Å². The van der Waals surface area contributed by atoms with Crippen molar-refractivity contribution in [2.24, 2.45) is 10.9 Å². The summed E-state index contributed by atoms with van der Waals surface area (Å²) in [5.74, 6) is 0.541. The highest BCUT2D eigenvalue weighted by Gasteiger charge is 2.28. The van der Waals surface area contributed by atoms with Gasteiger partial charge in [0.05, 0.1) is 5.71 Å². The molecule has 120 valence electrons. The Morgan fingerprint density at radius 1 is 0.913 bits per heavy atom. The largest absolute Gasteiger partial charge is 0.257 e. The number of nitrogens with zero attached hydrogens (tertiary/aromatic N) is 1. The van der Waals surface area contributed by atoms with Gasteiger partial charge in [0, 0.05) is 11.8 Å². The predicted octanol–water partition coefficient (Wildman–Crippen LogP) is 6.28. The summed E-state index contributed by atoms with van der Waals surface area (Å²) in [7, 11) is 0. The van der Waals surface area contributed by atoms with Crippen LogP contribution in [0.15, 0.2) is 102 Å². The molecule has 0 spiro atoms. The van der Waals surface area contributed by atoms with Crippen molar-refractivity contribution in [3.8, 4) is 0 Å². The first kappa shape index (κ1) is 18.6. The van der Waals surface area contributed by atoms with Gasteiger partial charge in [-0.2, -0.15) is 0 Å². The van der Waals surface area contributed by atoms with Crippen LogP contribution in [0.5, 0.6) is 0 Å². The zero-order chi connectivity index (χ0) is 17.2. The number of hydrogen-bond donors (Lipinski definition) is 0. The fourth-order valence-corrected chi connectivity index (χ4v) is 2.18. The van der Waals surface area contributed by atoms with Crippen LogP contribution in [0.25, 0.3) is 0 Å². The zero-order valence-electron chi connectivity index (χ0n) is 14.4. The van der Waals surface area contributed by atoms with E-state index in [1.807, 2.05) is 56.4 Å². The fourth-order valence-electron chi connectivity index (χ4n) is 2.18. The summed E-state index contributed by atoms with van der Waals surface area (Å²) in [6.07, 6.45) is 17.9. The van der Waals surface area contributed by atoms with Crippen LogP contribution in [0.3, 0.4) is 0 Å². The molecule has 0 radical (unpaired) electrons. The summed E-state index contributed by atoms with van der Waals surface area (Å²) < 4.78 is 0. The molecule has 1 saturated carbocycles. The van der Waals surface area contributed by atoms with Crippen molar-refractivity contribution in [1.82, 2.24) is 0 Å². The standard InChI is InChI=1S/C22H27N/c1-7-10-17(4)12-13-21(16-18(5)11-8-2)22(23-9-3)19(6)20-14-15-20/h7-13,16,20H,3-6,14-15H2,1-2H3/b10-7-,11-8-,13-12-,21-16+,23-22?.